The van der Waals surface area contributed by atoms with Crippen LogP contribution in [0.5, 0.6) is 5.75 Å². The van der Waals surface area contributed by atoms with E-state index >= 15 is 0 Å². The van der Waals surface area contributed by atoms with Gasteiger partial charge in [-0.25, -0.2) is 4.98 Å². The first-order valence-electron chi connectivity index (χ1n) is 8.14. The van der Waals surface area contributed by atoms with Crippen molar-refractivity contribution in [1.29, 1.82) is 0 Å². The molecule has 0 fully saturated rings. The third kappa shape index (κ3) is 4.24. The number of benzene rings is 1. The van der Waals surface area contributed by atoms with E-state index < -0.39 is 6.36 Å². The van der Waals surface area contributed by atoms with Crippen LogP contribution in [0.3, 0.4) is 0 Å². The number of carbonyl (C=O) groups excluding carboxylic acids is 1. The van der Waals surface area contributed by atoms with Gasteiger partial charge in [-0.3, -0.25) is 9.69 Å². The molecule has 4 nitrogen and oxygen atoms in total. The molecule has 0 unspecified atom stereocenters. The van der Waals surface area contributed by atoms with Crippen LogP contribution in [-0.2, 0) is 12.8 Å². The molecule has 3 rings (SSSR count). The van der Waals surface area contributed by atoms with Crippen molar-refractivity contribution >= 4 is 22.4 Å². The summed E-state index contributed by atoms with van der Waals surface area (Å²) >= 11 is 1.49. The SMILES string of the molecule is C=CCN(C(=O)c1ccc(OC(F)(F)F)cc1)c1nc2c(s1)CCCC2. The monoisotopic (exact) mass is 382 g/mol. The molecule has 1 heterocycles. The second-order valence-electron chi connectivity index (χ2n) is 5.85. The van der Waals surface area contributed by atoms with Gasteiger partial charge >= 0.3 is 6.36 Å². The van der Waals surface area contributed by atoms with Gasteiger partial charge in [-0.2, -0.15) is 0 Å². The van der Waals surface area contributed by atoms with E-state index in [0.717, 1.165) is 43.5 Å². The fourth-order valence-electron chi connectivity index (χ4n) is 2.79. The Labute approximate surface area is 152 Å². The number of fused-ring (bicyclic) bond motifs is 1. The molecule has 26 heavy (non-hydrogen) atoms. The Hall–Kier alpha value is -2.35. The number of amides is 1. The molecule has 0 atom stereocenters. The Morgan fingerprint density at radius 3 is 2.58 bits per heavy atom. The van der Waals surface area contributed by atoms with Crippen molar-refractivity contribution in [2.75, 3.05) is 11.4 Å². The van der Waals surface area contributed by atoms with Crippen molar-refractivity contribution in [1.82, 2.24) is 4.98 Å². The molecule has 1 amide bonds. The van der Waals surface area contributed by atoms with Crippen LogP contribution in [0.4, 0.5) is 18.3 Å². The van der Waals surface area contributed by atoms with Crippen LogP contribution >= 0.6 is 11.3 Å². The minimum Gasteiger partial charge on any atom is -0.406 e. The van der Waals surface area contributed by atoms with Gasteiger partial charge in [0.15, 0.2) is 5.13 Å². The molecule has 2 aromatic rings. The molecule has 0 radical (unpaired) electrons. The lowest BCUT2D eigenvalue weighted by molar-refractivity contribution is -0.274. The molecule has 0 bridgehead atoms. The number of anilines is 1. The summed E-state index contributed by atoms with van der Waals surface area (Å²) in [5.74, 6) is -0.705. The molecule has 0 N–H and O–H groups in total. The lowest BCUT2D eigenvalue weighted by atomic mass is 10.0. The summed E-state index contributed by atoms with van der Waals surface area (Å²) in [6.45, 7) is 3.95. The Morgan fingerprint density at radius 1 is 1.27 bits per heavy atom. The van der Waals surface area contributed by atoms with Crippen LogP contribution in [0.1, 0.15) is 33.8 Å². The number of aromatic nitrogens is 1. The number of halogens is 3. The zero-order chi connectivity index (χ0) is 18.7. The summed E-state index contributed by atoms with van der Waals surface area (Å²) in [4.78, 5) is 20.1. The molecular weight excluding hydrogens is 365 g/mol. The van der Waals surface area contributed by atoms with Gasteiger partial charge in [-0.1, -0.05) is 6.08 Å². The number of aryl methyl sites for hydroxylation is 2. The average molecular weight is 382 g/mol. The van der Waals surface area contributed by atoms with Crippen molar-refractivity contribution in [2.24, 2.45) is 0 Å². The van der Waals surface area contributed by atoms with E-state index in [1.54, 1.807) is 6.08 Å². The highest BCUT2D eigenvalue weighted by Crippen LogP contribution is 2.32. The highest BCUT2D eigenvalue weighted by Gasteiger charge is 2.31. The number of carbonyl (C=O) groups is 1. The minimum atomic E-state index is -4.76. The van der Waals surface area contributed by atoms with E-state index in [1.807, 2.05) is 0 Å². The quantitative estimate of drug-likeness (QED) is 0.701. The first kappa shape index (κ1) is 18.4. The van der Waals surface area contributed by atoms with Crippen molar-refractivity contribution in [3.8, 4) is 5.75 Å². The number of thiazole rings is 1. The molecule has 1 aliphatic carbocycles. The van der Waals surface area contributed by atoms with Crippen molar-refractivity contribution < 1.29 is 22.7 Å². The molecule has 8 heteroatoms. The Balaban J connectivity index is 1.82. The fraction of sp³-hybridized carbons (Fsp3) is 0.333. The van der Waals surface area contributed by atoms with Gasteiger partial charge in [0, 0.05) is 17.0 Å². The predicted molar refractivity (Wildman–Crippen MR) is 93.8 cm³/mol. The predicted octanol–water partition coefficient (Wildman–Crippen LogP) is 4.75. The lowest BCUT2D eigenvalue weighted by Crippen LogP contribution is -2.31. The summed E-state index contributed by atoms with van der Waals surface area (Å²) in [5.41, 5.74) is 1.29. The Bertz CT molecular complexity index is 776. The summed E-state index contributed by atoms with van der Waals surface area (Å²) in [6, 6.07) is 4.87. The third-order valence-corrected chi connectivity index (χ3v) is 5.14. The molecule has 0 saturated carbocycles. The first-order chi connectivity index (χ1) is 12.4. The number of hydrogen-bond donors (Lipinski definition) is 0. The lowest BCUT2D eigenvalue weighted by Gasteiger charge is -2.18. The van der Waals surface area contributed by atoms with Crippen LogP contribution < -0.4 is 9.64 Å². The van der Waals surface area contributed by atoms with E-state index in [2.05, 4.69) is 16.3 Å². The number of alkyl halides is 3. The van der Waals surface area contributed by atoms with E-state index in [1.165, 1.54) is 33.2 Å². The smallest absolute Gasteiger partial charge is 0.406 e. The number of rotatable bonds is 5. The molecule has 0 saturated heterocycles. The maximum atomic E-state index is 12.8. The molecule has 0 aliphatic heterocycles. The van der Waals surface area contributed by atoms with Gasteiger partial charge in [-0.15, -0.1) is 31.1 Å². The summed E-state index contributed by atoms with van der Waals surface area (Å²) in [5, 5.41) is 0.595. The van der Waals surface area contributed by atoms with Gasteiger partial charge in [0.05, 0.1) is 5.69 Å². The number of ether oxygens (including phenoxy) is 1. The fourth-order valence-corrected chi connectivity index (χ4v) is 3.94. The maximum absolute atomic E-state index is 12.8. The molecule has 138 valence electrons. The normalized spacial score (nSPS) is 13.8. The van der Waals surface area contributed by atoms with Crippen LogP contribution in [0.15, 0.2) is 36.9 Å². The summed E-state index contributed by atoms with van der Waals surface area (Å²) in [6.07, 6.45) is 0.911. The summed E-state index contributed by atoms with van der Waals surface area (Å²) < 4.78 is 40.6. The average Bonchev–Trinajstić information content (AvgIpc) is 3.02. The first-order valence-corrected chi connectivity index (χ1v) is 8.96. The van der Waals surface area contributed by atoms with Gasteiger partial charge in [-0.05, 0) is 49.9 Å². The topological polar surface area (TPSA) is 42.4 Å². The van der Waals surface area contributed by atoms with E-state index in [4.69, 9.17) is 0 Å². The van der Waals surface area contributed by atoms with Gasteiger partial charge in [0.25, 0.3) is 5.91 Å². The van der Waals surface area contributed by atoms with Crippen LogP contribution in [0.25, 0.3) is 0 Å². The minimum absolute atomic E-state index is 0.259. The van der Waals surface area contributed by atoms with E-state index in [-0.39, 0.29) is 23.8 Å². The number of hydrogen-bond acceptors (Lipinski definition) is 4. The molecule has 0 spiro atoms. The van der Waals surface area contributed by atoms with Crippen LogP contribution in [0.2, 0.25) is 0 Å². The van der Waals surface area contributed by atoms with E-state index in [0.29, 0.717) is 5.13 Å². The standard InChI is InChI=1S/C18H17F3N2O2S/c1-2-11-23(17-22-14-5-3-4-6-15(14)26-17)16(24)12-7-9-13(10-8-12)25-18(19,20)21/h2,7-10H,1,3-6,11H2. The van der Waals surface area contributed by atoms with E-state index in [9.17, 15) is 18.0 Å². The largest absolute Gasteiger partial charge is 0.573 e. The van der Waals surface area contributed by atoms with Gasteiger partial charge < -0.3 is 4.74 Å². The third-order valence-electron chi connectivity index (χ3n) is 3.96. The Kier molecular flexibility index (Phi) is 5.31. The van der Waals surface area contributed by atoms with Crippen LogP contribution in [0, 0.1) is 0 Å². The maximum Gasteiger partial charge on any atom is 0.573 e. The molecule has 1 aliphatic rings. The Morgan fingerprint density at radius 2 is 1.96 bits per heavy atom. The highest BCUT2D eigenvalue weighted by atomic mass is 32.1. The van der Waals surface area contributed by atoms with Crippen molar-refractivity contribution in [2.45, 2.75) is 32.0 Å². The number of nitrogens with zero attached hydrogens (tertiary/aromatic N) is 2. The van der Waals surface area contributed by atoms with Crippen molar-refractivity contribution in [3.05, 3.63) is 53.1 Å². The second kappa shape index (κ2) is 7.49. The zero-order valence-electron chi connectivity index (χ0n) is 13.9. The van der Waals surface area contributed by atoms with Crippen LogP contribution in [-0.4, -0.2) is 23.8 Å². The molecule has 1 aromatic carbocycles. The summed E-state index contributed by atoms with van der Waals surface area (Å²) in [7, 11) is 0. The highest BCUT2D eigenvalue weighted by molar-refractivity contribution is 7.16. The van der Waals surface area contributed by atoms with Gasteiger partial charge in [0.2, 0.25) is 0 Å². The second-order valence-corrected chi connectivity index (χ2v) is 6.91. The zero-order valence-corrected chi connectivity index (χ0v) is 14.7. The van der Waals surface area contributed by atoms with Gasteiger partial charge in [0.1, 0.15) is 5.75 Å². The molecular formula is C18H17F3N2O2S. The van der Waals surface area contributed by atoms with Crippen molar-refractivity contribution in [3.63, 3.8) is 0 Å². The molecule has 1 aromatic heterocycles.